The Morgan fingerprint density at radius 3 is 2.62 bits per heavy atom. The van der Waals surface area contributed by atoms with Crippen molar-refractivity contribution < 1.29 is 9.90 Å². The first-order valence-electron chi connectivity index (χ1n) is 9.18. The number of likely N-dealkylation sites (tertiary alicyclic amines) is 1. The molecule has 8 nitrogen and oxygen atoms in total. The molecule has 1 atom stereocenters. The molecular formula is C18H24N6O2. The van der Waals surface area contributed by atoms with Crippen molar-refractivity contribution in [1.82, 2.24) is 29.4 Å². The summed E-state index contributed by atoms with van der Waals surface area (Å²) in [5.41, 5.74) is 2.19. The number of carboxylic acid groups (broad SMARTS) is 1. The lowest BCUT2D eigenvalue weighted by Crippen LogP contribution is -2.44. The fourth-order valence-electron chi connectivity index (χ4n) is 4.37. The number of allylic oxidation sites excluding steroid dienone is 1. The summed E-state index contributed by atoms with van der Waals surface area (Å²) in [6, 6.07) is 0.856. The van der Waals surface area contributed by atoms with Gasteiger partial charge in [-0.3, -0.25) is 9.58 Å². The van der Waals surface area contributed by atoms with E-state index in [1.54, 1.807) is 23.4 Å². The molecule has 1 aliphatic heterocycles. The quantitative estimate of drug-likeness (QED) is 0.818. The van der Waals surface area contributed by atoms with Crippen molar-refractivity contribution >= 4 is 5.97 Å². The van der Waals surface area contributed by atoms with E-state index in [4.69, 9.17) is 0 Å². The molecule has 0 amide bonds. The van der Waals surface area contributed by atoms with E-state index < -0.39 is 5.97 Å². The highest BCUT2D eigenvalue weighted by Crippen LogP contribution is 2.31. The molecule has 2 aromatic rings. The van der Waals surface area contributed by atoms with E-state index >= 15 is 0 Å². The molecule has 1 saturated heterocycles. The van der Waals surface area contributed by atoms with Gasteiger partial charge in [0.05, 0.1) is 6.54 Å². The van der Waals surface area contributed by atoms with Crippen molar-refractivity contribution in [2.75, 3.05) is 13.1 Å². The highest BCUT2D eigenvalue weighted by molar-refractivity contribution is 5.87. The normalized spacial score (nSPS) is 21.5. The minimum Gasteiger partial charge on any atom is -0.476 e. The number of aromatic carboxylic acids is 1. The van der Waals surface area contributed by atoms with Gasteiger partial charge < -0.3 is 9.67 Å². The second kappa shape index (κ2) is 7.03. The SMILES string of the molecule is C=CCn1nc(C(=O)O)c2c1CCC(N1CCC(n3cnnc3)CC1)C2. The van der Waals surface area contributed by atoms with Crippen molar-refractivity contribution in [3.63, 3.8) is 0 Å². The van der Waals surface area contributed by atoms with Gasteiger partial charge in [0.25, 0.3) is 0 Å². The molecule has 26 heavy (non-hydrogen) atoms. The Morgan fingerprint density at radius 1 is 1.23 bits per heavy atom. The summed E-state index contributed by atoms with van der Waals surface area (Å²) in [5, 5.41) is 21.7. The summed E-state index contributed by atoms with van der Waals surface area (Å²) in [6.07, 6.45) is 10.2. The van der Waals surface area contributed by atoms with Gasteiger partial charge in [-0.1, -0.05) is 6.08 Å². The van der Waals surface area contributed by atoms with E-state index in [9.17, 15) is 9.90 Å². The van der Waals surface area contributed by atoms with Gasteiger partial charge in [0.2, 0.25) is 0 Å². The second-order valence-corrected chi connectivity index (χ2v) is 7.12. The lowest BCUT2D eigenvalue weighted by Gasteiger charge is -2.39. The Bertz CT molecular complexity index is 789. The molecule has 1 aliphatic carbocycles. The summed E-state index contributed by atoms with van der Waals surface area (Å²) < 4.78 is 3.90. The highest BCUT2D eigenvalue weighted by Gasteiger charge is 2.33. The van der Waals surface area contributed by atoms with Crippen LogP contribution in [0.15, 0.2) is 25.3 Å². The van der Waals surface area contributed by atoms with Crippen molar-refractivity contribution in [3.8, 4) is 0 Å². The molecule has 1 fully saturated rings. The van der Waals surface area contributed by atoms with Crippen LogP contribution in [0.25, 0.3) is 0 Å². The second-order valence-electron chi connectivity index (χ2n) is 7.12. The number of aromatic nitrogens is 5. The summed E-state index contributed by atoms with van der Waals surface area (Å²) >= 11 is 0. The zero-order chi connectivity index (χ0) is 18.1. The monoisotopic (exact) mass is 356 g/mol. The molecule has 1 unspecified atom stereocenters. The van der Waals surface area contributed by atoms with Crippen LogP contribution in [-0.2, 0) is 19.4 Å². The van der Waals surface area contributed by atoms with Crippen LogP contribution in [0.2, 0.25) is 0 Å². The molecule has 1 N–H and O–H groups in total. The van der Waals surface area contributed by atoms with Crippen LogP contribution in [0.5, 0.6) is 0 Å². The molecule has 0 radical (unpaired) electrons. The standard InChI is InChI=1S/C18H24N6O2/c1-2-7-24-16-4-3-14(10-15(16)17(21-24)18(25)26)22-8-5-13(6-9-22)23-11-19-20-12-23/h2,11-14H,1,3-10H2,(H,25,26). The molecule has 8 heteroatoms. The number of hydrogen-bond acceptors (Lipinski definition) is 5. The molecule has 3 heterocycles. The molecule has 0 spiro atoms. The van der Waals surface area contributed by atoms with E-state index in [-0.39, 0.29) is 5.69 Å². The first kappa shape index (κ1) is 17.0. The largest absolute Gasteiger partial charge is 0.476 e. The van der Waals surface area contributed by atoms with Gasteiger partial charge in [0.1, 0.15) is 12.7 Å². The molecule has 0 saturated carbocycles. The third-order valence-corrected chi connectivity index (χ3v) is 5.70. The lowest BCUT2D eigenvalue weighted by molar-refractivity contribution is 0.0687. The highest BCUT2D eigenvalue weighted by atomic mass is 16.4. The summed E-state index contributed by atoms with van der Waals surface area (Å²) in [5.74, 6) is -0.934. The summed E-state index contributed by atoms with van der Waals surface area (Å²) in [4.78, 5) is 14.1. The predicted octanol–water partition coefficient (Wildman–Crippen LogP) is 1.55. The van der Waals surface area contributed by atoms with E-state index in [2.05, 4.69) is 31.3 Å². The maximum atomic E-state index is 11.6. The molecule has 0 aromatic carbocycles. The minimum atomic E-state index is -0.934. The van der Waals surface area contributed by atoms with Gasteiger partial charge in [0, 0.05) is 36.4 Å². The summed E-state index contributed by atoms with van der Waals surface area (Å²) in [7, 11) is 0. The maximum Gasteiger partial charge on any atom is 0.356 e. The number of nitrogens with zero attached hydrogens (tertiary/aromatic N) is 6. The molecule has 2 aromatic heterocycles. The van der Waals surface area contributed by atoms with Crippen LogP contribution < -0.4 is 0 Å². The fraction of sp³-hybridized carbons (Fsp3) is 0.556. The number of carboxylic acids is 1. The first-order valence-corrected chi connectivity index (χ1v) is 9.18. The molecular weight excluding hydrogens is 332 g/mol. The Labute approximate surface area is 152 Å². The van der Waals surface area contributed by atoms with Crippen LogP contribution >= 0.6 is 0 Å². The van der Waals surface area contributed by atoms with Gasteiger partial charge in [-0.25, -0.2) is 4.79 Å². The fourth-order valence-corrected chi connectivity index (χ4v) is 4.37. The predicted molar refractivity (Wildman–Crippen MR) is 95.1 cm³/mol. The Kier molecular flexibility index (Phi) is 4.58. The zero-order valence-corrected chi connectivity index (χ0v) is 14.8. The van der Waals surface area contributed by atoms with E-state index in [0.717, 1.165) is 56.5 Å². The van der Waals surface area contributed by atoms with Crippen LogP contribution in [0.3, 0.4) is 0 Å². The van der Waals surface area contributed by atoms with Gasteiger partial charge >= 0.3 is 5.97 Å². The molecule has 138 valence electrons. The van der Waals surface area contributed by atoms with Crippen LogP contribution in [0.4, 0.5) is 0 Å². The van der Waals surface area contributed by atoms with Crippen LogP contribution in [0, 0.1) is 0 Å². The van der Waals surface area contributed by atoms with Crippen molar-refractivity contribution in [2.45, 2.75) is 50.7 Å². The number of rotatable bonds is 5. The molecule has 2 aliphatic rings. The van der Waals surface area contributed by atoms with Crippen molar-refractivity contribution in [1.29, 1.82) is 0 Å². The average molecular weight is 356 g/mol. The van der Waals surface area contributed by atoms with Crippen LogP contribution in [0.1, 0.15) is 47.1 Å². The molecule has 0 bridgehead atoms. The third-order valence-electron chi connectivity index (χ3n) is 5.70. The van der Waals surface area contributed by atoms with E-state index in [1.165, 1.54) is 0 Å². The minimum absolute atomic E-state index is 0.214. The topological polar surface area (TPSA) is 89.1 Å². The van der Waals surface area contributed by atoms with Gasteiger partial charge in [0.15, 0.2) is 5.69 Å². The van der Waals surface area contributed by atoms with Crippen LogP contribution in [-0.4, -0.2) is 59.7 Å². The van der Waals surface area contributed by atoms with Gasteiger partial charge in [-0.15, -0.1) is 16.8 Å². The number of hydrogen-bond donors (Lipinski definition) is 1. The Balaban J connectivity index is 1.47. The zero-order valence-electron chi connectivity index (χ0n) is 14.8. The number of carbonyl (C=O) groups is 1. The van der Waals surface area contributed by atoms with Gasteiger partial charge in [-0.05, 0) is 32.1 Å². The number of piperidine rings is 1. The smallest absolute Gasteiger partial charge is 0.356 e. The van der Waals surface area contributed by atoms with E-state index in [0.29, 0.717) is 18.6 Å². The Morgan fingerprint density at radius 2 is 1.96 bits per heavy atom. The Hall–Kier alpha value is -2.48. The summed E-state index contributed by atoms with van der Waals surface area (Å²) in [6.45, 7) is 6.35. The number of fused-ring (bicyclic) bond motifs is 1. The maximum absolute atomic E-state index is 11.6. The van der Waals surface area contributed by atoms with Gasteiger partial charge in [-0.2, -0.15) is 5.10 Å². The van der Waals surface area contributed by atoms with Crippen molar-refractivity contribution in [2.24, 2.45) is 0 Å². The average Bonchev–Trinajstić information content (AvgIpc) is 3.30. The molecule has 4 rings (SSSR count). The van der Waals surface area contributed by atoms with Crippen molar-refractivity contribution in [3.05, 3.63) is 42.3 Å². The lowest BCUT2D eigenvalue weighted by atomic mass is 9.89. The third kappa shape index (κ3) is 3.05. The first-order chi connectivity index (χ1) is 12.7. The van der Waals surface area contributed by atoms with E-state index in [1.807, 2.05) is 0 Å².